The first-order valence-electron chi connectivity index (χ1n) is 6.54. The van der Waals surface area contributed by atoms with Gasteiger partial charge in [-0.25, -0.2) is 8.42 Å². The third kappa shape index (κ3) is 5.18. The summed E-state index contributed by atoms with van der Waals surface area (Å²) in [5, 5.41) is 5.98. The van der Waals surface area contributed by atoms with E-state index >= 15 is 0 Å². The van der Waals surface area contributed by atoms with Crippen molar-refractivity contribution < 1.29 is 13.2 Å². The predicted octanol–water partition coefficient (Wildman–Crippen LogP) is 1.14. The molecule has 110 valence electrons. The summed E-state index contributed by atoms with van der Waals surface area (Å²) in [6, 6.07) is 7.30. The fraction of sp³-hybridized carbons (Fsp3) is 0.462. The Morgan fingerprint density at radius 2 is 1.90 bits per heavy atom. The SMILES string of the molecule is CS(=O)(=O)Nc1ccccc1NC(=O)CCNC1CC1. The van der Waals surface area contributed by atoms with Gasteiger partial charge in [0.1, 0.15) is 0 Å². The minimum atomic E-state index is -3.37. The first-order chi connectivity index (χ1) is 9.44. The second-order valence-corrected chi connectivity index (χ2v) is 6.69. The van der Waals surface area contributed by atoms with Crippen LogP contribution in [0.3, 0.4) is 0 Å². The highest BCUT2D eigenvalue weighted by Crippen LogP contribution is 2.22. The second-order valence-electron chi connectivity index (χ2n) is 4.95. The monoisotopic (exact) mass is 297 g/mol. The van der Waals surface area contributed by atoms with Crippen LogP contribution in [0.25, 0.3) is 0 Å². The van der Waals surface area contributed by atoms with Crippen molar-refractivity contribution in [2.24, 2.45) is 0 Å². The molecule has 1 aliphatic rings. The van der Waals surface area contributed by atoms with E-state index in [9.17, 15) is 13.2 Å². The number of rotatable bonds is 7. The lowest BCUT2D eigenvalue weighted by molar-refractivity contribution is -0.116. The van der Waals surface area contributed by atoms with Crippen molar-refractivity contribution in [2.45, 2.75) is 25.3 Å². The van der Waals surface area contributed by atoms with Crippen molar-refractivity contribution in [3.8, 4) is 0 Å². The molecular formula is C13H19N3O3S. The molecule has 0 aromatic heterocycles. The summed E-state index contributed by atoms with van der Waals surface area (Å²) in [5.41, 5.74) is 0.841. The lowest BCUT2D eigenvalue weighted by Gasteiger charge is -2.12. The first kappa shape index (κ1) is 14.8. The molecule has 0 aliphatic heterocycles. The standard InChI is InChI=1S/C13H19N3O3S/c1-20(18,19)16-12-5-3-2-4-11(12)15-13(17)8-9-14-10-6-7-10/h2-5,10,14,16H,6-9H2,1H3,(H,15,17). The minimum Gasteiger partial charge on any atom is -0.324 e. The Morgan fingerprint density at radius 1 is 1.25 bits per heavy atom. The maximum absolute atomic E-state index is 11.8. The van der Waals surface area contributed by atoms with Gasteiger partial charge in [-0.3, -0.25) is 9.52 Å². The summed E-state index contributed by atoms with van der Waals surface area (Å²) in [6.45, 7) is 0.637. The summed E-state index contributed by atoms with van der Waals surface area (Å²) in [5.74, 6) is -0.138. The molecule has 0 spiro atoms. The van der Waals surface area contributed by atoms with Gasteiger partial charge < -0.3 is 10.6 Å². The van der Waals surface area contributed by atoms with Crippen LogP contribution in [0.1, 0.15) is 19.3 Å². The maximum atomic E-state index is 11.8. The summed E-state index contributed by atoms with van der Waals surface area (Å²) in [7, 11) is -3.37. The molecule has 3 N–H and O–H groups in total. The lowest BCUT2D eigenvalue weighted by Crippen LogP contribution is -2.23. The molecule has 0 heterocycles. The predicted molar refractivity (Wildman–Crippen MR) is 79.2 cm³/mol. The molecule has 1 aliphatic carbocycles. The van der Waals surface area contributed by atoms with E-state index in [2.05, 4.69) is 15.4 Å². The fourth-order valence-electron chi connectivity index (χ4n) is 1.77. The molecule has 0 atom stereocenters. The van der Waals surface area contributed by atoms with Crippen LogP contribution < -0.4 is 15.4 Å². The molecule has 6 nitrogen and oxygen atoms in total. The van der Waals surface area contributed by atoms with Crippen molar-refractivity contribution in [3.63, 3.8) is 0 Å². The van der Waals surface area contributed by atoms with Gasteiger partial charge in [-0.1, -0.05) is 12.1 Å². The third-order valence-corrected chi connectivity index (χ3v) is 3.45. The highest BCUT2D eigenvalue weighted by atomic mass is 32.2. The Kier molecular flexibility index (Phi) is 4.61. The van der Waals surface area contributed by atoms with E-state index in [1.807, 2.05) is 0 Å². The number of carbonyl (C=O) groups excluding carboxylic acids is 1. The molecule has 1 amide bonds. The molecule has 0 saturated heterocycles. The van der Waals surface area contributed by atoms with Crippen molar-refractivity contribution >= 4 is 27.3 Å². The summed E-state index contributed by atoms with van der Waals surface area (Å²) in [4.78, 5) is 11.8. The largest absolute Gasteiger partial charge is 0.324 e. The van der Waals surface area contributed by atoms with Crippen molar-refractivity contribution in [1.82, 2.24) is 5.32 Å². The smallest absolute Gasteiger partial charge is 0.229 e. The zero-order valence-electron chi connectivity index (χ0n) is 11.3. The highest BCUT2D eigenvalue weighted by molar-refractivity contribution is 7.92. The Hall–Kier alpha value is -1.60. The summed E-state index contributed by atoms with van der Waals surface area (Å²) in [6.07, 6.45) is 3.81. The average Bonchev–Trinajstić information content (AvgIpc) is 3.14. The van der Waals surface area contributed by atoms with E-state index in [0.29, 0.717) is 30.4 Å². The molecule has 1 fully saturated rings. The lowest BCUT2D eigenvalue weighted by atomic mass is 10.2. The molecule has 2 rings (SSSR count). The van der Waals surface area contributed by atoms with E-state index in [0.717, 1.165) is 6.26 Å². The van der Waals surface area contributed by atoms with Crippen molar-refractivity contribution in [2.75, 3.05) is 22.8 Å². The number of nitrogens with one attached hydrogen (secondary N) is 3. The molecule has 20 heavy (non-hydrogen) atoms. The zero-order chi connectivity index (χ0) is 14.6. The van der Waals surface area contributed by atoms with Crippen LogP contribution >= 0.6 is 0 Å². The van der Waals surface area contributed by atoms with Gasteiger partial charge in [0.15, 0.2) is 0 Å². The number of anilines is 2. The van der Waals surface area contributed by atoms with E-state index < -0.39 is 10.0 Å². The van der Waals surface area contributed by atoms with Gasteiger partial charge >= 0.3 is 0 Å². The van der Waals surface area contributed by atoms with Gasteiger partial charge in [0, 0.05) is 19.0 Å². The summed E-state index contributed by atoms with van der Waals surface area (Å²) >= 11 is 0. The highest BCUT2D eigenvalue weighted by Gasteiger charge is 2.20. The average molecular weight is 297 g/mol. The van der Waals surface area contributed by atoms with Crippen LogP contribution in [-0.2, 0) is 14.8 Å². The normalized spacial score (nSPS) is 14.8. The maximum Gasteiger partial charge on any atom is 0.229 e. The molecule has 1 aromatic rings. The van der Waals surface area contributed by atoms with Crippen LogP contribution in [0.5, 0.6) is 0 Å². The molecular weight excluding hydrogens is 278 g/mol. The van der Waals surface area contributed by atoms with Gasteiger partial charge in [0.25, 0.3) is 0 Å². The van der Waals surface area contributed by atoms with E-state index in [-0.39, 0.29) is 5.91 Å². The number of amides is 1. The minimum absolute atomic E-state index is 0.138. The molecule has 1 saturated carbocycles. The van der Waals surface area contributed by atoms with Crippen LogP contribution in [-0.4, -0.2) is 33.2 Å². The number of hydrogen-bond acceptors (Lipinski definition) is 4. The molecule has 7 heteroatoms. The van der Waals surface area contributed by atoms with Crippen LogP contribution in [0, 0.1) is 0 Å². The van der Waals surface area contributed by atoms with Crippen LogP contribution in [0.15, 0.2) is 24.3 Å². The number of sulfonamides is 1. The van der Waals surface area contributed by atoms with E-state index in [1.54, 1.807) is 24.3 Å². The van der Waals surface area contributed by atoms with Crippen molar-refractivity contribution in [1.29, 1.82) is 0 Å². The number of hydrogen-bond donors (Lipinski definition) is 3. The summed E-state index contributed by atoms with van der Waals surface area (Å²) < 4.78 is 24.9. The first-order valence-corrected chi connectivity index (χ1v) is 8.43. The third-order valence-electron chi connectivity index (χ3n) is 2.86. The number of carbonyl (C=O) groups is 1. The fourth-order valence-corrected chi connectivity index (χ4v) is 2.35. The quantitative estimate of drug-likeness (QED) is 0.704. The van der Waals surface area contributed by atoms with Crippen LogP contribution in [0.4, 0.5) is 11.4 Å². The molecule has 1 aromatic carbocycles. The van der Waals surface area contributed by atoms with Crippen LogP contribution in [0.2, 0.25) is 0 Å². The Bertz CT molecular complexity index is 582. The number of benzene rings is 1. The Morgan fingerprint density at radius 3 is 2.50 bits per heavy atom. The van der Waals surface area contributed by atoms with Gasteiger partial charge in [-0.15, -0.1) is 0 Å². The molecule has 0 bridgehead atoms. The van der Waals surface area contributed by atoms with Gasteiger partial charge in [0.2, 0.25) is 15.9 Å². The van der Waals surface area contributed by atoms with E-state index in [1.165, 1.54) is 12.8 Å². The number of para-hydroxylation sites is 2. The van der Waals surface area contributed by atoms with Gasteiger partial charge in [-0.2, -0.15) is 0 Å². The van der Waals surface area contributed by atoms with E-state index in [4.69, 9.17) is 0 Å². The topological polar surface area (TPSA) is 87.3 Å². The Balaban J connectivity index is 1.91. The zero-order valence-corrected chi connectivity index (χ0v) is 12.2. The van der Waals surface area contributed by atoms with Gasteiger partial charge in [0.05, 0.1) is 17.6 Å². The second kappa shape index (κ2) is 6.23. The van der Waals surface area contributed by atoms with Crippen molar-refractivity contribution in [3.05, 3.63) is 24.3 Å². The van der Waals surface area contributed by atoms with Gasteiger partial charge in [-0.05, 0) is 25.0 Å². The molecule has 0 unspecified atom stereocenters. The molecule has 0 radical (unpaired) electrons. The Labute approximate surface area is 119 Å².